The number of rotatable bonds is 2. The van der Waals surface area contributed by atoms with Gasteiger partial charge in [0.15, 0.2) is 0 Å². The average molecular weight is 504 g/mol. The standard InChI is InChI=1S/C29H36F3NO3/c1-26-13-14-28(17-33(25(35)36-28)16-18-3-5-19(6-4-18)29(30,31)32)15-20(26)7-8-21-22-9-10-24(34)27(22,2)12-11-23(21)26/h3-6,20-23H,7-17H2,1-2H3/t20-,21-,22-,23-,26-,27-,28+/m0/s1. The Kier molecular flexibility index (Phi) is 5.38. The number of amides is 1. The Hall–Kier alpha value is -2.05. The summed E-state index contributed by atoms with van der Waals surface area (Å²) in [5, 5.41) is 0. The van der Waals surface area contributed by atoms with E-state index >= 15 is 0 Å². The Morgan fingerprint density at radius 3 is 2.44 bits per heavy atom. The summed E-state index contributed by atoms with van der Waals surface area (Å²) in [4.78, 5) is 27.2. The van der Waals surface area contributed by atoms with Gasteiger partial charge in [-0.1, -0.05) is 26.0 Å². The molecule has 1 aromatic carbocycles. The van der Waals surface area contributed by atoms with Crippen LogP contribution in [-0.4, -0.2) is 28.9 Å². The van der Waals surface area contributed by atoms with Crippen molar-refractivity contribution in [3.63, 3.8) is 0 Å². The molecule has 1 aromatic rings. The van der Waals surface area contributed by atoms with Crippen LogP contribution in [0.15, 0.2) is 24.3 Å². The van der Waals surface area contributed by atoms with Gasteiger partial charge in [0.2, 0.25) is 0 Å². The molecule has 5 aliphatic rings. The van der Waals surface area contributed by atoms with E-state index in [-0.39, 0.29) is 23.5 Å². The molecule has 0 N–H and O–H groups in total. The van der Waals surface area contributed by atoms with E-state index in [9.17, 15) is 22.8 Å². The summed E-state index contributed by atoms with van der Waals surface area (Å²) >= 11 is 0. The number of ketones is 1. The highest BCUT2D eigenvalue weighted by molar-refractivity contribution is 5.87. The maximum atomic E-state index is 12.9. The van der Waals surface area contributed by atoms with Crippen LogP contribution in [0.4, 0.5) is 18.0 Å². The first-order chi connectivity index (χ1) is 16.9. The van der Waals surface area contributed by atoms with Gasteiger partial charge in [-0.25, -0.2) is 4.79 Å². The number of hydrogen-bond donors (Lipinski definition) is 0. The van der Waals surface area contributed by atoms with Gasteiger partial charge in [-0.15, -0.1) is 0 Å². The number of nitrogens with zero attached hydrogens (tertiary/aromatic N) is 1. The summed E-state index contributed by atoms with van der Waals surface area (Å²) in [5.41, 5.74) is -0.394. The Balaban J connectivity index is 1.15. The third kappa shape index (κ3) is 3.62. The summed E-state index contributed by atoms with van der Waals surface area (Å²) in [6.45, 7) is 5.44. The molecule has 1 amide bonds. The minimum absolute atomic E-state index is 0.111. The number of ether oxygens (including phenoxy) is 1. The molecule has 7 heteroatoms. The first-order valence-electron chi connectivity index (χ1n) is 13.6. The van der Waals surface area contributed by atoms with Crippen molar-refractivity contribution in [2.75, 3.05) is 6.54 Å². The monoisotopic (exact) mass is 503 g/mol. The maximum absolute atomic E-state index is 12.9. The van der Waals surface area contributed by atoms with E-state index in [4.69, 9.17) is 4.74 Å². The molecule has 5 fully saturated rings. The fourth-order valence-electron chi connectivity index (χ4n) is 9.15. The Morgan fingerprint density at radius 1 is 0.972 bits per heavy atom. The highest BCUT2D eigenvalue weighted by atomic mass is 19.4. The van der Waals surface area contributed by atoms with Crippen LogP contribution in [0.25, 0.3) is 0 Å². The molecule has 1 saturated heterocycles. The smallest absolute Gasteiger partial charge is 0.416 e. The van der Waals surface area contributed by atoms with Gasteiger partial charge < -0.3 is 4.74 Å². The number of Topliss-reactive ketones (excluding diaryl/α,β-unsaturated/α-hetero) is 1. The predicted octanol–water partition coefficient (Wildman–Crippen LogP) is 7.01. The molecule has 0 aromatic heterocycles. The van der Waals surface area contributed by atoms with Crippen molar-refractivity contribution in [1.29, 1.82) is 0 Å². The van der Waals surface area contributed by atoms with Crippen LogP contribution in [0.1, 0.15) is 82.8 Å². The highest BCUT2D eigenvalue weighted by Crippen LogP contribution is 2.66. The summed E-state index contributed by atoms with van der Waals surface area (Å²) in [5.74, 6) is 2.77. The quantitative estimate of drug-likeness (QED) is 0.436. The van der Waals surface area contributed by atoms with E-state index in [1.165, 1.54) is 12.1 Å². The molecule has 0 bridgehead atoms. The Bertz CT molecular complexity index is 1070. The summed E-state index contributed by atoms with van der Waals surface area (Å²) in [7, 11) is 0. The molecule has 1 spiro atoms. The van der Waals surface area contributed by atoms with Gasteiger partial charge in [0.25, 0.3) is 0 Å². The largest absolute Gasteiger partial charge is 0.441 e. The van der Waals surface area contributed by atoms with Crippen LogP contribution in [0.5, 0.6) is 0 Å². The van der Waals surface area contributed by atoms with Gasteiger partial charge in [0.05, 0.1) is 12.1 Å². The molecule has 4 aliphatic carbocycles. The van der Waals surface area contributed by atoms with Crippen molar-refractivity contribution in [2.45, 2.75) is 90.0 Å². The zero-order chi connectivity index (χ0) is 25.5. The second kappa shape index (κ2) is 7.97. The summed E-state index contributed by atoms with van der Waals surface area (Å²) in [6, 6.07) is 5.05. The molecule has 6 rings (SSSR count). The van der Waals surface area contributed by atoms with Gasteiger partial charge in [-0.05, 0) is 98.1 Å². The van der Waals surface area contributed by atoms with Gasteiger partial charge in [0, 0.05) is 18.4 Å². The topological polar surface area (TPSA) is 46.6 Å². The second-order valence-corrected chi connectivity index (χ2v) is 12.9. The van der Waals surface area contributed by atoms with Crippen molar-refractivity contribution in [3.05, 3.63) is 35.4 Å². The number of alkyl halides is 3. The van der Waals surface area contributed by atoms with Gasteiger partial charge in [-0.2, -0.15) is 13.2 Å². The molecule has 0 unspecified atom stereocenters. The number of benzene rings is 1. The van der Waals surface area contributed by atoms with Crippen LogP contribution >= 0.6 is 0 Å². The van der Waals surface area contributed by atoms with Crippen LogP contribution in [0.2, 0.25) is 0 Å². The third-order valence-electron chi connectivity index (χ3n) is 11.2. The molecule has 4 saturated carbocycles. The minimum atomic E-state index is -4.37. The second-order valence-electron chi connectivity index (χ2n) is 12.9. The average Bonchev–Trinajstić information content (AvgIpc) is 3.29. The molecule has 1 aliphatic heterocycles. The fourth-order valence-corrected chi connectivity index (χ4v) is 9.15. The zero-order valence-corrected chi connectivity index (χ0v) is 21.2. The normalized spacial score (nSPS) is 42.2. The lowest BCUT2D eigenvalue weighted by atomic mass is 9.44. The lowest BCUT2D eigenvalue weighted by Crippen LogP contribution is -2.56. The molecule has 0 radical (unpaired) electrons. The van der Waals surface area contributed by atoms with Crippen LogP contribution in [-0.2, 0) is 22.3 Å². The van der Waals surface area contributed by atoms with E-state index in [2.05, 4.69) is 13.8 Å². The van der Waals surface area contributed by atoms with Crippen molar-refractivity contribution in [2.24, 2.45) is 34.5 Å². The van der Waals surface area contributed by atoms with E-state index in [1.54, 1.807) is 4.90 Å². The SMILES string of the molecule is C[C@]12CC[C@@]3(C[C@@H]1CC[C@@H]1[C@@H]2CC[C@]2(C)C(=O)CC[C@@H]12)CN(Cc1ccc(C(F)(F)F)cc1)C(=O)O3. The van der Waals surface area contributed by atoms with Crippen molar-refractivity contribution < 1.29 is 27.5 Å². The zero-order valence-electron chi connectivity index (χ0n) is 21.2. The Labute approximate surface area is 210 Å². The lowest BCUT2D eigenvalue weighted by molar-refractivity contribution is -0.149. The number of halogens is 3. The number of carbonyl (C=O) groups is 2. The Morgan fingerprint density at radius 2 is 1.72 bits per heavy atom. The van der Waals surface area contributed by atoms with E-state index in [1.807, 2.05) is 0 Å². The highest BCUT2D eigenvalue weighted by Gasteiger charge is 2.62. The number of fused-ring (bicyclic) bond motifs is 5. The summed E-state index contributed by atoms with van der Waals surface area (Å²) < 4.78 is 44.7. The molecule has 4 nitrogen and oxygen atoms in total. The van der Waals surface area contributed by atoms with Crippen LogP contribution < -0.4 is 0 Å². The minimum Gasteiger partial charge on any atom is -0.441 e. The van der Waals surface area contributed by atoms with Crippen molar-refractivity contribution >= 4 is 11.9 Å². The van der Waals surface area contributed by atoms with Gasteiger partial charge in [0.1, 0.15) is 11.4 Å². The van der Waals surface area contributed by atoms with Crippen LogP contribution in [0, 0.1) is 34.5 Å². The molecular weight excluding hydrogens is 467 g/mol. The first kappa shape index (κ1) is 24.3. The molecule has 7 atom stereocenters. The fraction of sp³-hybridized carbons (Fsp3) is 0.724. The lowest BCUT2D eigenvalue weighted by Gasteiger charge is -2.61. The van der Waals surface area contributed by atoms with Crippen molar-refractivity contribution in [3.8, 4) is 0 Å². The first-order valence-corrected chi connectivity index (χ1v) is 13.6. The van der Waals surface area contributed by atoms with E-state index in [0.29, 0.717) is 41.6 Å². The predicted molar refractivity (Wildman–Crippen MR) is 128 cm³/mol. The van der Waals surface area contributed by atoms with Gasteiger partial charge in [-0.3, -0.25) is 9.69 Å². The number of carbonyl (C=O) groups excluding carboxylic acids is 2. The maximum Gasteiger partial charge on any atom is 0.416 e. The number of hydrogen-bond acceptors (Lipinski definition) is 3. The summed E-state index contributed by atoms with van der Waals surface area (Å²) in [6.07, 6.45) is 4.23. The van der Waals surface area contributed by atoms with Crippen molar-refractivity contribution in [1.82, 2.24) is 4.90 Å². The van der Waals surface area contributed by atoms with E-state index < -0.39 is 17.3 Å². The van der Waals surface area contributed by atoms with Crippen LogP contribution in [0.3, 0.4) is 0 Å². The van der Waals surface area contributed by atoms with Gasteiger partial charge >= 0.3 is 12.3 Å². The third-order valence-corrected chi connectivity index (χ3v) is 11.2. The molecular formula is C29H36F3NO3. The van der Waals surface area contributed by atoms with E-state index in [0.717, 1.165) is 69.9 Å². The molecule has 1 heterocycles. The molecule has 196 valence electrons. The molecule has 36 heavy (non-hydrogen) atoms.